The molecule has 0 unspecified atom stereocenters. The Morgan fingerprint density at radius 1 is 0.667 bits per heavy atom. The molecule has 6 heteroatoms. The quantitative estimate of drug-likeness (QED) is 0.709. The summed E-state index contributed by atoms with van der Waals surface area (Å²) >= 11 is 11.6. The fourth-order valence-electron chi connectivity index (χ4n) is 1.98. The van der Waals surface area contributed by atoms with Gasteiger partial charge in [-0.05, 0) is 35.4 Å². The molecule has 0 radical (unpaired) electrons. The second-order valence-corrected chi connectivity index (χ2v) is 6.29. The molecular weight excluding hydrogens is 351 g/mol. The van der Waals surface area contributed by atoms with Crippen molar-refractivity contribution in [3.63, 3.8) is 0 Å². The van der Waals surface area contributed by atoms with Gasteiger partial charge in [0, 0.05) is 10.0 Å². The summed E-state index contributed by atoms with van der Waals surface area (Å²) < 4.78 is 10.8. The van der Waals surface area contributed by atoms with Gasteiger partial charge in [0.2, 0.25) is 0 Å². The molecule has 4 nitrogen and oxygen atoms in total. The summed E-state index contributed by atoms with van der Waals surface area (Å²) in [7, 11) is 0. The fraction of sp³-hybridized carbons (Fsp3) is 0.333. The van der Waals surface area contributed by atoms with Crippen molar-refractivity contribution in [2.24, 2.45) is 0 Å². The lowest BCUT2D eigenvalue weighted by Gasteiger charge is -2.18. The van der Waals surface area contributed by atoms with E-state index >= 15 is 0 Å². The van der Waals surface area contributed by atoms with E-state index in [1.807, 2.05) is 24.3 Å². The van der Waals surface area contributed by atoms with Crippen molar-refractivity contribution in [1.29, 1.82) is 0 Å². The summed E-state index contributed by atoms with van der Waals surface area (Å²) in [5.41, 5.74) is 1.89. The zero-order valence-electron chi connectivity index (χ0n) is 13.1. The first-order valence-corrected chi connectivity index (χ1v) is 8.30. The van der Waals surface area contributed by atoms with Crippen LogP contribution in [0.5, 0.6) is 0 Å². The largest absolute Gasteiger partial charge is 0.388 e. The highest BCUT2D eigenvalue weighted by Gasteiger charge is 2.16. The van der Waals surface area contributed by atoms with E-state index in [-0.39, 0.29) is 13.2 Å². The third-order valence-corrected chi connectivity index (χ3v) is 3.89. The van der Waals surface area contributed by atoms with Crippen molar-refractivity contribution >= 4 is 23.2 Å². The van der Waals surface area contributed by atoms with E-state index < -0.39 is 12.2 Å². The molecule has 0 heterocycles. The maximum absolute atomic E-state index is 9.88. The summed E-state index contributed by atoms with van der Waals surface area (Å²) in [5, 5.41) is 21.1. The number of rotatable bonds is 9. The summed E-state index contributed by atoms with van der Waals surface area (Å²) in [6, 6.07) is 14.5. The highest BCUT2D eigenvalue weighted by Crippen LogP contribution is 2.12. The predicted molar refractivity (Wildman–Crippen MR) is 94.2 cm³/mol. The Morgan fingerprint density at radius 3 is 1.33 bits per heavy atom. The van der Waals surface area contributed by atoms with Crippen LogP contribution in [0.15, 0.2) is 48.5 Å². The van der Waals surface area contributed by atoms with E-state index in [1.54, 1.807) is 24.3 Å². The Kier molecular flexibility index (Phi) is 7.99. The van der Waals surface area contributed by atoms with E-state index in [0.717, 1.165) is 11.1 Å². The van der Waals surface area contributed by atoms with Gasteiger partial charge < -0.3 is 19.7 Å². The van der Waals surface area contributed by atoms with Gasteiger partial charge in [0.05, 0.1) is 26.4 Å². The van der Waals surface area contributed by atoms with Gasteiger partial charge in [-0.3, -0.25) is 0 Å². The van der Waals surface area contributed by atoms with Crippen LogP contribution >= 0.6 is 23.2 Å². The zero-order valence-corrected chi connectivity index (χ0v) is 14.6. The lowest BCUT2D eigenvalue weighted by molar-refractivity contribution is -0.0758. The standard InChI is InChI=1S/C18H20Cl2O4/c19-15-5-1-13(2-6-15)9-23-11-17(21)18(22)12-24-10-14-3-7-16(20)8-4-14/h1-8,17-18,21-22H,9-12H2/t17-,18-/m0/s1. The Balaban J connectivity index is 1.63. The third-order valence-electron chi connectivity index (χ3n) is 3.39. The van der Waals surface area contributed by atoms with Crippen LogP contribution in [0.25, 0.3) is 0 Å². The van der Waals surface area contributed by atoms with Gasteiger partial charge in [-0.15, -0.1) is 0 Å². The molecule has 0 saturated carbocycles. The average Bonchev–Trinajstić information content (AvgIpc) is 2.58. The predicted octanol–water partition coefficient (Wildman–Crippen LogP) is 3.45. The SMILES string of the molecule is O[C@@H](COCc1ccc(Cl)cc1)[C@@H](O)COCc1ccc(Cl)cc1. The highest BCUT2D eigenvalue weighted by atomic mass is 35.5. The maximum atomic E-state index is 9.88. The monoisotopic (exact) mass is 370 g/mol. The second-order valence-electron chi connectivity index (χ2n) is 5.42. The molecule has 130 valence electrons. The van der Waals surface area contributed by atoms with Gasteiger partial charge in [-0.25, -0.2) is 0 Å². The molecule has 0 fully saturated rings. The summed E-state index contributed by atoms with van der Waals surface area (Å²) in [4.78, 5) is 0. The van der Waals surface area contributed by atoms with Crippen LogP contribution in [-0.2, 0) is 22.7 Å². The van der Waals surface area contributed by atoms with E-state index in [1.165, 1.54) is 0 Å². The van der Waals surface area contributed by atoms with Gasteiger partial charge in [0.15, 0.2) is 0 Å². The summed E-state index contributed by atoms with van der Waals surface area (Å²) in [5.74, 6) is 0. The zero-order chi connectivity index (χ0) is 17.4. The molecule has 0 aliphatic rings. The molecule has 0 saturated heterocycles. The number of hydrogen-bond donors (Lipinski definition) is 2. The van der Waals surface area contributed by atoms with Crippen molar-refractivity contribution in [2.45, 2.75) is 25.4 Å². The van der Waals surface area contributed by atoms with E-state index in [9.17, 15) is 10.2 Å². The lowest BCUT2D eigenvalue weighted by atomic mass is 10.2. The van der Waals surface area contributed by atoms with Crippen LogP contribution in [0.2, 0.25) is 10.0 Å². The Morgan fingerprint density at radius 2 is 1.00 bits per heavy atom. The number of aliphatic hydroxyl groups excluding tert-OH is 2. The van der Waals surface area contributed by atoms with E-state index in [2.05, 4.69) is 0 Å². The molecule has 24 heavy (non-hydrogen) atoms. The minimum Gasteiger partial charge on any atom is -0.388 e. The van der Waals surface area contributed by atoms with Crippen LogP contribution in [0.3, 0.4) is 0 Å². The first kappa shape index (κ1) is 19.2. The van der Waals surface area contributed by atoms with Gasteiger partial charge in [0.25, 0.3) is 0 Å². The smallest absolute Gasteiger partial charge is 0.105 e. The van der Waals surface area contributed by atoms with Crippen LogP contribution in [-0.4, -0.2) is 35.6 Å². The number of benzene rings is 2. The van der Waals surface area contributed by atoms with Crippen LogP contribution in [0.1, 0.15) is 11.1 Å². The summed E-state index contributed by atoms with van der Waals surface area (Å²) in [6.07, 6.45) is -2.02. The second kappa shape index (κ2) is 9.99. The van der Waals surface area contributed by atoms with E-state index in [4.69, 9.17) is 32.7 Å². The van der Waals surface area contributed by atoms with Gasteiger partial charge in [-0.1, -0.05) is 47.5 Å². The van der Waals surface area contributed by atoms with Crippen LogP contribution < -0.4 is 0 Å². The molecule has 2 aromatic rings. The Labute approximate surface area is 151 Å². The lowest BCUT2D eigenvalue weighted by Crippen LogP contribution is -2.34. The van der Waals surface area contributed by atoms with Gasteiger partial charge >= 0.3 is 0 Å². The molecule has 2 rings (SSSR count). The molecule has 0 aliphatic carbocycles. The van der Waals surface area contributed by atoms with Crippen LogP contribution in [0, 0.1) is 0 Å². The molecule has 2 N–H and O–H groups in total. The van der Waals surface area contributed by atoms with Crippen molar-refractivity contribution < 1.29 is 19.7 Å². The van der Waals surface area contributed by atoms with Crippen molar-refractivity contribution in [2.75, 3.05) is 13.2 Å². The van der Waals surface area contributed by atoms with Crippen molar-refractivity contribution in [3.8, 4) is 0 Å². The van der Waals surface area contributed by atoms with Gasteiger partial charge in [0.1, 0.15) is 12.2 Å². The molecule has 2 aromatic carbocycles. The molecule has 0 aromatic heterocycles. The third kappa shape index (κ3) is 6.77. The summed E-state index contributed by atoms with van der Waals surface area (Å²) in [6.45, 7) is 0.724. The molecule has 0 spiro atoms. The number of halogens is 2. The molecule has 0 bridgehead atoms. The Hall–Kier alpha value is -1.14. The maximum Gasteiger partial charge on any atom is 0.105 e. The van der Waals surface area contributed by atoms with E-state index in [0.29, 0.717) is 23.3 Å². The number of aliphatic hydroxyl groups is 2. The minimum absolute atomic E-state index is 0.0219. The fourth-order valence-corrected chi connectivity index (χ4v) is 2.23. The number of hydrogen-bond acceptors (Lipinski definition) is 4. The Bertz CT molecular complexity index is 546. The van der Waals surface area contributed by atoms with Crippen molar-refractivity contribution in [3.05, 3.63) is 69.7 Å². The highest BCUT2D eigenvalue weighted by molar-refractivity contribution is 6.30. The molecule has 0 amide bonds. The molecule has 0 aliphatic heterocycles. The van der Waals surface area contributed by atoms with Crippen molar-refractivity contribution in [1.82, 2.24) is 0 Å². The van der Waals surface area contributed by atoms with Gasteiger partial charge in [-0.2, -0.15) is 0 Å². The average molecular weight is 371 g/mol. The normalized spacial score (nSPS) is 13.7. The number of ether oxygens (including phenoxy) is 2. The molecule has 2 atom stereocenters. The van der Waals surface area contributed by atoms with Crippen LogP contribution in [0.4, 0.5) is 0 Å². The first-order valence-electron chi connectivity index (χ1n) is 7.55. The minimum atomic E-state index is -1.01. The topological polar surface area (TPSA) is 58.9 Å². The molecular formula is C18H20Cl2O4. The first-order chi connectivity index (χ1) is 11.5.